The molecule has 1 heterocycles. The van der Waals surface area contributed by atoms with Crippen molar-refractivity contribution < 1.29 is 26.4 Å². The molecule has 0 aliphatic heterocycles. The molecule has 0 fully saturated rings. The summed E-state index contributed by atoms with van der Waals surface area (Å²) in [4.78, 5) is 15.6. The van der Waals surface area contributed by atoms with Crippen LogP contribution in [-0.4, -0.2) is 24.8 Å². The fourth-order valence-electron chi connectivity index (χ4n) is 2.43. The highest BCUT2D eigenvalue weighted by Crippen LogP contribution is 2.31. The number of carbonyl (C=O) groups excluding carboxylic acids is 1. The summed E-state index contributed by atoms with van der Waals surface area (Å²) in [6, 6.07) is 13.5. The summed E-state index contributed by atoms with van der Waals surface area (Å²) in [6.45, 7) is 0. The number of aromatic nitrogens is 1. The van der Waals surface area contributed by atoms with Gasteiger partial charge in [0.15, 0.2) is 0 Å². The topological polar surface area (TPSA) is 76.1 Å². The standard InChI is InChI=1S/C19H12ClF3N2O3S/c20-16-2-1-11-24-17(16)12-3-5-13(6-4-12)18(26)25-14-7-9-15(10-8-14)29(27,28)19(21,22)23/h1-11H,(H,25,26). The molecule has 1 aromatic heterocycles. The summed E-state index contributed by atoms with van der Waals surface area (Å²) in [7, 11) is -5.44. The van der Waals surface area contributed by atoms with Crippen LogP contribution in [0, 0.1) is 0 Å². The highest BCUT2D eigenvalue weighted by Gasteiger charge is 2.46. The molecule has 0 atom stereocenters. The van der Waals surface area contributed by atoms with Crippen LogP contribution >= 0.6 is 11.6 Å². The second-order valence-electron chi connectivity index (χ2n) is 5.84. The third-order valence-corrected chi connectivity index (χ3v) is 5.71. The van der Waals surface area contributed by atoms with Gasteiger partial charge in [-0.3, -0.25) is 9.78 Å². The van der Waals surface area contributed by atoms with E-state index in [1.807, 2.05) is 0 Å². The Morgan fingerprint density at radius 3 is 2.14 bits per heavy atom. The van der Waals surface area contributed by atoms with Crippen molar-refractivity contribution in [3.05, 3.63) is 77.4 Å². The van der Waals surface area contributed by atoms with Gasteiger partial charge in [-0.1, -0.05) is 23.7 Å². The number of nitrogens with zero attached hydrogens (tertiary/aromatic N) is 1. The lowest BCUT2D eigenvalue weighted by molar-refractivity contribution is -0.0436. The first-order valence-electron chi connectivity index (χ1n) is 8.03. The van der Waals surface area contributed by atoms with E-state index in [0.29, 0.717) is 16.3 Å². The molecular formula is C19H12ClF3N2O3S. The Morgan fingerprint density at radius 1 is 0.966 bits per heavy atom. The highest BCUT2D eigenvalue weighted by molar-refractivity contribution is 7.92. The van der Waals surface area contributed by atoms with Crippen molar-refractivity contribution in [1.82, 2.24) is 4.98 Å². The van der Waals surface area contributed by atoms with Gasteiger partial charge in [-0.15, -0.1) is 0 Å². The molecule has 0 bridgehead atoms. The van der Waals surface area contributed by atoms with Gasteiger partial charge in [0.1, 0.15) is 0 Å². The minimum atomic E-state index is -5.44. The summed E-state index contributed by atoms with van der Waals surface area (Å²) >= 11 is 6.09. The van der Waals surface area contributed by atoms with Crippen LogP contribution < -0.4 is 5.32 Å². The Hall–Kier alpha value is -2.91. The Kier molecular flexibility index (Phi) is 5.63. The zero-order valence-corrected chi connectivity index (χ0v) is 16.0. The van der Waals surface area contributed by atoms with Crippen molar-refractivity contribution in [2.45, 2.75) is 10.4 Å². The van der Waals surface area contributed by atoms with E-state index in [0.717, 1.165) is 24.3 Å². The van der Waals surface area contributed by atoms with E-state index in [9.17, 15) is 26.4 Å². The molecule has 10 heteroatoms. The molecular weight excluding hydrogens is 429 g/mol. The van der Waals surface area contributed by atoms with Gasteiger partial charge in [0.05, 0.1) is 15.6 Å². The third-order valence-electron chi connectivity index (χ3n) is 3.91. The third kappa shape index (κ3) is 4.41. The molecule has 0 saturated carbocycles. The smallest absolute Gasteiger partial charge is 0.322 e. The average molecular weight is 441 g/mol. The van der Waals surface area contributed by atoms with Gasteiger partial charge in [0, 0.05) is 23.0 Å². The van der Waals surface area contributed by atoms with E-state index in [-0.39, 0.29) is 11.3 Å². The maximum atomic E-state index is 12.6. The number of hydrogen-bond acceptors (Lipinski definition) is 4. The fourth-order valence-corrected chi connectivity index (χ4v) is 3.42. The summed E-state index contributed by atoms with van der Waals surface area (Å²) < 4.78 is 60.4. The molecule has 29 heavy (non-hydrogen) atoms. The number of alkyl halides is 3. The normalized spacial score (nSPS) is 11.9. The van der Waals surface area contributed by atoms with Crippen LogP contribution in [0.4, 0.5) is 18.9 Å². The van der Waals surface area contributed by atoms with Crippen molar-refractivity contribution in [3.63, 3.8) is 0 Å². The second kappa shape index (κ2) is 7.84. The van der Waals surface area contributed by atoms with Gasteiger partial charge in [-0.25, -0.2) is 8.42 Å². The van der Waals surface area contributed by atoms with E-state index in [1.54, 1.807) is 30.5 Å². The van der Waals surface area contributed by atoms with E-state index in [1.165, 1.54) is 12.1 Å². The molecule has 0 radical (unpaired) electrons. The molecule has 2 aromatic carbocycles. The van der Waals surface area contributed by atoms with Gasteiger partial charge in [-0.05, 0) is 48.5 Å². The van der Waals surface area contributed by atoms with Crippen LogP contribution in [0.3, 0.4) is 0 Å². The Labute approximate surface area is 169 Å². The van der Waals surface area contributed by atoms with Crippen LogP contribution in [0.5, 0.6) is 0 Å². The zero-order chi connectivity index (χ0) is 21.2. The Balaban J connectivity index is 1.75. The average Bonchev–Trinajstić information content (AvgIpc) is 2.68. The molecule has 0 unspecified atom stereocenters. The van der Waals surface area contributed by atoms with E-state index in [4.69, 9.17) is 11.6 Å². The molecule has 1 N–H and O–H groups in total. The van der Waals surface area contributed by atoms with Crippen molar-refractivity contribution in [2.75, 3.05) is 5.32 Å². The number of sulfone groups is 1. The lowest BCUT2D eigenvalue weighted by Crippen LogP contribution is -2.23. The van der Waals surface area contributed by atoms with E-state index < -0.39 is 26.1 Å². The number of carbonyl (C=O) groups is 1. The first kappa shape index (κ1) is 20.8. The van der Waals surface area contributed by atoms with Crippen molar-refractivity contribution >= 4 is 33.0 Å². The van der Waals surface area contributed by atoms with Gasteiger partial charge in [0.2, 0.25) is 0 Å². The van der Waals surface area contributed by atoms with Gasteiger partial charge in [-0.2, -0.15) is 13.2 Å². The molecule has 0 saturated heterocycles. The second-order valence-corrected chi connectivity index (χ2v) is 8.19. The zero-order valence-electron chi connectivity index (χ0n) is 14.4. The monoisotopic (exact) mass is 440 g/mol. The first-order chi connectivity index (χ1) is 13.6. The molecule has 3 aromatic rings. The summed E-state index contributed by atoms with van der Waals surface area (Å²) in [5, 5.41) is 2.95. The number of anilines is 1. The quantitative estimate of drug-likeness (QED) is 0.623. The van der Waals surface area contributed by atoms with Crippen LogP contribution in [-0.2, 0) is 9.84 Å². The fraction of sp³-hybridized carbons (Fsp3) is 0.0526. The molecule has 0 aliphatic carbocycles. The molecule has 0 aliphatic rings. The largest absolute Gasteiger partial charge is 0.501 e. The number of rotatable bonds is 4. The molecule has 3 rings (SSSR count). The van der Waals surface area contributed by atoms with Crippen molar-refractivity contribution in [2.24, 2.45) is 0 Å². The first-order valence-corrected chi connectivity index (χ1v) is 9.89. The summed E-state index contributed by atoms with van der Waals surface area (Å²) in [6.07, 6.45) is 1.59. The maximum absolute atomic E-state index is 12.6. The van der Waals surface area contributed by atoms with Crippen LogP contribution in [0.25, 0.3) is 11.3 Å². The van der Waals surface area contributed by atoms with Crippen molar-refractivity contribution in [3.8, 4) is 11.3 Å². The molecule has 1 amide bonds. The molecule has 150 valence electrons. The number of halogens is 4. The summed E-state index contributed by atoms with van der Waals surface area (Å²) in [5.74, 6) is -0.518. The number of pyridine rings is 1. The van der Waals surface area contributed by atoms with E-state index in [2.05, 4.69) is 10.3 Å². The number of nitrogens with one attached hydrogen (secondary N) is 1. The number of benzene rings is 2. The van der Waals surface area contributed by atoms with E-state index >= 15 is 0 Å². The van der Waals surface area contributed by atoms with Crippen LogP contribution in [0.1, 0.15) is 10.4 Å². The van der Waals surface area contributed by atoms with Gasteiger partial charge < -0.3 is 5.32 Å². The predicted molar refractivity (Wildman–Crippen MR) is 102 cm³/mol. The number of amides is 1. The molecule has 0 spiro atoms. The lowest BCUT2D eigenvalue weighted by atomic mass is 10.1. The SMILES string of the molecule is O=C(Nc1ccc(S(=O)(=O)C(F)(F)F)cc1)c1ccc(-c2ncccc2Cl)cc1. The van der Waals surface area contributed by atoms with Crippen LogP contribution in [0.15, 0.2) is 71.8 Å². The predicted octanol–water partition coefficient (Wildman–Crippen LogP) is 4.95. The lowest BCUT2D eigenvalue weighted by Gasteiger charge is -2.10. The number of hydrogen-bond donors (Lipinski definition) is 1. The van der Waals surface area contributed by atoms with Gasteiger partial charge >= 0.3 is 5.51 Å². The van der Waals surface area contributed by atoms with Gasteiger partial charge in [0.25, 0.3) is 15.7 Å². The van der Waals surface area contributed by atoms with Crippen molar-refractivity contribution in [1.29, 1.82) is 0 Å². The minimum absolute atomic E-state index is 0.146. The Bertz CT molecular complexity index is 1150. The van der Waals surface area contributed by atoms with Crippen LogP contribution in [0.2, 0.25) is 5.02 Å². The summed E-state index contributed by atoms with van der Waals surface area (Å²) in [5.41, 5.74) is -3.70. The molecule has 5 nitrogen and oxygen atoms in total. The maximum Gasteiger partial charge on any atom is 0.501 e. The Morgan fingerprint density at radius 2 is 1.59 bits per heavy atom. The minimum Gasteiger partial charge on any atom is -0.322 e. The highest BCUT2D eigenvalue weighted by atomic mass is 35.5.